The van der Waals surface area contributed by atoms with E-state index in [1.54, 1.807) is 7.11 Å². The van der Waals surface area contributed by atoms with Gasteiger partial charge < -0.3 is 10.1 Å². The van der Waals surface area contributed by atoms with Gasteiger partial charge in [0.25, 0.3) is 0 Å². The van der Waals surface area contributed by atoms with Crippen molar-refractivity contribution in [2.75, 3.05) is 12.4 Å². The van der Waals surface area contributed by atoms with Crippen LogP contribution >= 0.6 is 0 Å². The Morgan fingerprint density at radius 1 is 1.14 bits per heavy atom. The number of pyridine rings is 1. The summed E-state index contributed by atoms with van der Waals surface area (Å²) in [6, 6.07) is 9.74. The Bertz CT molecular complexity index is 599. The van der Waals surface area contributed by atoms with Gasteiger partial charge in [-0.05, 0) is 23.3 Å². The minimum Gasteiger partial charge on any atom is -0.380 e. The highest BCUT2D eigenvalue weighted by atomic mass is 19.4. The van der Waals surface area contributed by atoms with E-state index in [4.69, 9.17) is 4.74 Å². The van der Waals surface area contributed by atoms with E-state index < -0.39 is 11.7 Å². The molecule has 3 nitrogen and oxygen atoms in total. The summed E-state index contributed by atoms with van der Waals surface area (Å²) in [5.41, 5.74) is 1.07. The van der Waals surface area contributed by atoms with Crippen molar-refractivity contribution < 1.29 is 17.9 Å². The number of methoxy groups -OCH3 is 1. The van der Waals surface area contributed by atoms with Crippen molar-refractivity contribution in [3.05, 3.63) is 59.3 Å². The third kappa shape index (κ3) is 4.19. The molecule has 112 valence electrons. The molecule has 0 aliphatic carbocycles. The first kappa shape index (κ1) is 15.3. The maximum Gasteiger partial charge on any atom is 0.419 e. The van der Waals surface area contributed by atoms with E-state index in [9.17, 15) is 13.2 Å². The van der Waals surface area contributed by atoms with Gasteiger partial charge in [-0.2, -0.15) is 13.2 Å². The fourth-order valence-electron chi connectivity index (χ4n) is 1.96. The zero-order chi connectivity index (χ0) is 15.3. The average Bonchev–Trinajstić information content (AvgIpc) is 2.45. The first-order valence-corrected chi connectivity index (χ1v) is 6.33. The highest BCUT2D eigenvalue weighted by Crippen LogP contribution is 2.33. The fourth-order valence-corrected chi connectivity index (χ4v) is 1.96. The van der Waals surface area contributed by atoms with Gasteiger partial charge in [-0.25, -0.2) is 4.98 Å². The van der Waals surface area contributed by atoms with E-state index in [-0.39, 0.29) is 12.4 Å². The molecule has 0 bridgehead atoms. The van der Waals surface area contributed by atoms with Crippen molar-refractivity contribution in [1.82, 2.24) is 4.98 Å². The van der Waals surface area contributed by atoms with E-state index in [0.29, 0.717) is 6.61 Å². The summed E-state index contributed by atoms with van der Waals surface area (Å²) in [7, 11) is 1.59. The van der Waals surface area contributed by atoms with Gasteiger partial charge in [0, 0.05) is 19.9 Å². The monoisotopic (exact) mass is 296 g/mol. The molecule has 0 saturated heterocycles. The molecule has 0 atom stereocenters. The molecule has 1 N–H and O–H groups in total. The minimum absolute atomic E-state index is 0.165. The standard InChI is InChI=1S/C15H15F3N2O/c1-21-10-12-5-2-4-11(8-12)9-20-14-13(15(16,17)18)6-3-7-19-14/h2-8H,9-10H2,1H3,(H,19,20). The van der Waals surface area contributed by atoms with E-state index in [1.165, 1.54) is 12.3 Å². The molecule has 0 fully saturated rings. The van der Waals surface area contributed by atoms with E-state index in [1.807, 2.05) is 24.3 Å². The van der Waals surface area contributed by atoms with Gasteiger partial charge in [-0.15, -0.1) is 0 Å². The van der Waals surface area contributed by atoms with Crippen molar-refractivity contribution in [1.29, 1.82) is 0 Å². The number of anilines is 1. The second-order valence-corrected chi connectivity index (χ2v) is 4.50. The smallest absolute Gasteiger partial charge is 0.380 e. The zero-order valence-corrected chi connectivity index (χ0v) is 11.4. The maximum atomic E-state index is 12.8. The largest absolute Gasteiger partial charge is 0.419 e. The lowest BCUT2D eigenvalue weighted by Crippen LogP contribution is -2.12. The predicted octanol–water partition coefficient (Wildman–Crippen LogP) is 3.86. The summed E-state index contributed by atoms with van der Waals surface area (Å²) in [4.78, 5) is 3.76. The number of nitrogens with one attached hydrogen (secondary N) is 1. The van der Waals surface area contributed by atoms with Crippen molar-refractivity contribution in [3.8, 4) is 0 Å². The van der Waals surface area contributed by atoms with Crippen molar-refractivity contribution >= 4 is 5.82 Å². The summed E-state index contributed by atoms with van der Waals surface area (Å²) in [5.74, 6) is -0.165. The highest BCUT2D eigenvalue weighted by Gasteiger charge is 2.33. The maximum absolute atomic E-state index is 12.8. The van der Waals surface area contributed by atoms with Crippen LogP contribution in [0.25, 0.3) is 0 Å². The van der Waals surface area contributed by atoms with Gasteiger partial charge in [-0.1, -0.05) is 24.3 Å². The van der Waals surface area contributed by atoms with E-state index in [0.717, 1.165) is 17.2 Å². The van der Waals surface area contributed by atoms with Crippen LogP contribution in [0.5, 0.6) is 0 Å². The van der Waals surface area contributed by atoms with Crippen LogP contribution < -0.4 is 5.32 Å². The van der Waals surface area contributed by atoms with Gasteiger partial charge in [-0.3, -0.25) is 0 Å². The Kier molecular flexibility index (Phi) is 4.80. The molecule has 1 aromatic heterocycles. The van der Waals surface area contributed by atoms with Crippen LogP contribution in [0.4, 0.5) is 19.0 Å². The number of nitrogens with zero attached hydrogens (tertiary/aromatic N) is 1. The number of rotatable bonds is 5. The van der Waals surface area contributed by atoms with Gasteiger partial charge in [0.2, 0.25) is 0 Å². The molecule has 1 heterocycles. The molecule has 2 rings (SSSR count). The number of halogens is 3. The molecule has 1 aromatic carbocycles. The Hall–Kier alpha value is -2.08. The minimum atomic E-state index is -4.42. The molecular weight excluding hydrogens is 281 g/mol. The van der Waals surface area contributed by atoms with Crippen molar-refractivity contribution in [3.63, 3.8) is 0 Å². The van der Waals surface area contributed by atoms with Crippen LogP contribution in [0, 0.1) is 0 Å². The predicted molar refractivity (Wildman–Crippen MR) is 73.7 cm³/mol. The van der Waals surface area contributed by atoms with Crippen LogP contribution in [-0.2, 0) is 24.1 Å². The van der Waals surface area contributed by atoms with Gasteiger partial charge >= 0.3 is 6.18 Å². The summed E-state index contributed by atoms with van der Waals surface area (Å²) in [5, 5.41) is 2.73. The first-order valence-electron chi connectivity index (χ1n) is 6.33. The van der Waals surface area contributed by atoms with Crippen LogP contribution in [0.15, 0.2) is 42.6 Å². The van der Waals surface area contributed by atoms with E-state index >= 15 is 0 Å². The topological polar surface area (TPSA) is 34.1 Å². The summed E-state index contributed by atoms with van der Waals surface area (Å²) < 4.78 is 43.6. The lowest BCUT2D eigenvalue weighted by atomic mass is 10.1. The third-order valence-corrected chi connectivity index (χ3v) is 2.88. The Morgan fingerprint density at radius 2 is 1.90 bits per heavy atom. The molecule has 0 unspecified atom stereocenters. The molecule has 0 radical (unpaired) electrons. The normalized spacial score (nSPS) is 11.4. The lowest BCUT2D eigenvalue weighted by molar-refractivity contribution is -0.137. The SMILES string of the molecule is COCc1cccc(CNc2ncccc2C(F)(F)F)c1. The van der Waals surface area contributed by atoms with Gasteiger partial charge in [0.1, 0.15) is 5.82 Å². The molecule has 2 aromatic rings. The molecule has 0 saturated carbocycles. The number of alkyl halides is 3. The first-order chi connectivity index (χ1) is 10.0. The fraction of sp³-hybridized carbons (Fsp3) is 0.267. The highest BCUT2D eigenvalue weighted by molar-refractivity contribution is 5.46. The Labute approximate surface area is 120 Å². The van der Waals surface area contributed by atoms with Crippen molar-refractivity contribution in [2.24, 2.45) is 0 Å². The molecule has 6 heteroatoms. The van der Waals surface area contributed by atoms with Crippen LogP contribution in [-0.4, -0.2) is 12.1 Å². The average molecular weight is 296 g/mol. The number of ether oxygens (including phenoxy) is 1. The quantitative estimate of drug-likeness (QED) is 0.909. The second kappa shape index (κ2) is 6.58. The van der Waals surface area contributed by atoms with Gasteiger partial charge in [0.05, 0.1) is 12.2 Å². The number of benzene rings is 1. The third-order valence-electron chi connectivity index (χ3n) is 2.88. The summed E-state index contributed by atoms with van der Waals surface area (Å²) in [6.07, 6.45) is -3.09. The number of aromatic nitrogens is 1. The second-order valence-electron chi connectivity index (χ2n) is 4.50. The van der Waals surface area contributed by atoms with Gasteiger partial charge in [0.15, 0.2) is 0 Å². The van der Waals surface area contributed by atoms with Crippen LogP contribution in [0.3, 0.4) is 0 Å². The molecule has 0 amide bonds. The number of hydrogen-bond donors (Lipinski definition) is 1. The van der Waals surface area contributed by atoms with Crippen LogP contribution in [0.1, 0.15) is 16.7 Å². The summed E-state index contributed by atoms with van der Waals surface area (Å²) in [6.45, 7) is 0.725. The molecule has 0 spiro atoms. The Morgan fingerprint density at radius 3 is 2.62 bits per heavy atom. The lowest BCUT2D eigenvalue weighted by Gasteiger charge is -2.13. The molecular formula is C15H15F3N2O. The molecule has 21 heavy (non-hydrogen) atoms. The summed E-state index contributed by atoms with van der Waals surface area (Å²) >= 11 is 0. The van der Waals surface area contributed by atoms with E-state index in [2.05, 4.69) is 10.3 Å². The zero-order valence-electron chi connectivity index (χ0n) is 11.4. The van der Waals surface area contributed by atoms with Crippen LogP contribution in [0.2, 0.25) is 0 Å². The van der Waals surface area contributed by atoms with Crippen molar-refractivity contribution in [2.45, 2.75) is 19.3 Å². The molecule has 0 aliphatic heterocycles. The Balaban J connectivity index is 2.12. The number of hydrogen-bond acceptors (Lipinski definition) is 3. The molecule has 0 aliphatic rings.